The number of thiazole rings is 1. The number of aromatic nitrogens is 1. The van der Waals surface area contributed by atoms with Crippen LogP contribution in [0, 0.1) is 13.8 Å². The fourth-order valence-electron chi connectivity index (χ4n) is 1.77. The number of rotatable bonds is 2. The van der Waals surface area contributed by atoms with Crippen LogP contribution in [0.15, 0.2) is 16.5 Å². The van der Waals surface area contributed by atoms with Crippen molar-refractivity contribution in [2.24, 2.45) is 0 Å². The molecule has 0 saturated carbocycles. The van der Waals surface area contributed by atoms with Gasteiger partial charge in [0.2, 0.25) is 5.52 Å². The van der Waals surface area contributed by atoms with Crippen molar-refractivity contribution in [3.63, 3.8) is 0 Å². The molecule has 0 aliphatic carbocycles. The van der Waals surface area contributed by atoms with Crippen LogP contribution in [-0.2, 0) is 6.54 Å². The first-order chi connectivity index (χ1) is 7.17. The second-order valence-electron chi connectivity index (χ2n) is 3.72. The van der Waals surface area contributed by atoms with Gasteiger partial charge >= 0.3 is 0 Å². The average molecular weight is 238 g/mol. The summed E-state index contributed by atoms with van der Waals surface area (Å²) >= 11 is 3.74. The summed E-state index contributed by atoms with van der Waals surface area (Å²) < 4.78 is 5.21. The molecule has 1 nitrogen and oxygen atoms in total. The third-order valence-corrected chi connectivity index (χ3v) is 5.04. The quantitative estimate of drug-likeness (QED) is 0.571. The highest BCUT2D eigenvalue weighted by Crippen LogP contribution is 2.28. The molecule has 0 unspecified atom stereocenters. The zero-order chi connectivity index (χ0) is 11.0. The molecule has 1 aromatic carbocycles. The van der Waals surface area contributed by atoms with Crippen molar-refractivity contribution >= 4 is 33.3 Å². The van der Waals surface area contributed by atoms with E-state index in [1.807, 2.05) is 23.1 Å². The molecule has 0 atom stereocenters. The highest BCUT2D eigenvalue weighted by atomic mass is 32.2. The average Bonchev–Trinajstić information content (AvgIpc) is 2.56. The lowest BCUT2D eigenvalue weighted by Gasteiger charge is -1.97. The first-order valence-electron chi connectivity index (χ1n) is 5.15. The molecule has 0 radical (unpaired) electrons. The van der Waals surface area contributed by atoms with E-state index in [0.29, 0.717) is 0 Å². The summed E-state index contributed by atoms with van der Waals surface area (Å²) in [6.45, 7) is 7.63. The Bertz CT molecular complexity index is 500. The number of hydrogen-bond donors (Lipinski definition) is 0. The number of nitrogens with zero attached hydrogens (tertiary/aromatic N) is 1. The maximum Gasteiger partial charge on any atom is 0.298 e. The lowest BCUT2D eigenvalue weighted by atomic mass is 10.1. The van der Waals surface area contributed by atoms with Crippen molar-refractivity contribution in [1.82, 2.24) is 0 Å². The van der Waals surface area contributed by atoms with E-state index >= 15 is 0 Å². The van der Waals surface area contributed by atoms with Crippen LogP contribution in [0.5, 0.6) is 0 Å². The van der Waals surface area contributed by atoms with Gasteiger partial charge in [-0.3, -0.25) is 0 Å². The molecule has 1 heterocycles. The van der Waals surface area contributed by atoms with Crippen molar-refractivity contribution < 1.29 is 4.57 Å². The standard InChI is InChI=1S/C12H16NS2/c1-5-13-10-6-8(2)9(3)7-11(10)15-12(13)14-4/h6-7H,5H2,1-4H3/q+1. The smallest absolute Gasteiger partial charge is 0.177 e. The van der Waals surface area contributed by atoms with Crippen LogP contribution in [0.1, 0.15) is 18.1 Å². The summed E-state index contributed by atoms with van der Waals surface area (Å²) in [5.41, 5.74) is 4.16. The molecule has 3 heteroatoms. The fraction of sp³-hybridized carbons (Fsp3) is 0.417. The summed E-state index contributed by atoms with van der Waals surface area (Å²) in [6.07, 6.45) is 2.15. The maximum atomic E-state index is 2.40. The van der Waals surface area contributed by atoms with E-state index < -0.39 is 0 Å². The molecule has 1 aromatic heterocycles. The fourth-order valence-corrected chi connectivity index (χ4v) is 3.85. The van der Waals surface area contributed by atoms with Gasteiger partial charge in [0.1, 0.15) is 11.2 Å². The monoisotopic (exact) mass is 238 g/mol. The predicted octanol–water partition coefficient (Wildman–Crippen LogP) is 3.55. The molecule has 80 valence electrons. The van der Waals surface area contributed by atoms with E-state index in [4.69, 9.17) is 0 Å². The van der Waals surface area contributed by atoms with Crippen LogP contribution in [-0.4, -0.2) is 6.26 Å². The van der Waals surface area contributed by atoms with Gasteiger partial charge < -0.3 is 0 Å². The van der Waals surface area contributed by atoms with Gasteiger partial charge in [-0.2, -0.15) is 4.57 Å². The van der Waals surface area contributed by atoms with Crippen molar-refractivity contribution in [3.8, 4) is 0 Å². The number of hydrogen-bond acceptors (Lipinski definition) is 2. The molecular weight excluding hydrogens is 222 g/mol. The molecule has 0 fully saturated rings. The molecule has 2 aromatic rings. The largest absolute Gasteiger partial charge is 0.298 e. The first kappa shape index (κ1) is 11.0. The van der Waals surface area contributed by atoms with Gasteiger partial charge in [0.15, 0.2) is 0 Å². The summed E-state index contributed by atoms with van der Waals surface area (Å²) in [4.78, 5) is 0. The molecular formula is C12H16NS2+. The molecule has 0 N–H and O–H groups in total. The number of thioether (sulfide) groups is 1. The van der Waals surface area contributed by atoms with Crippen molar-refractivity contribution in [2.75, 3.05) is 6.26 Å². The molecule has 0 saturated heterocycles. The van der Waals surface area contributed by atoms with E-state index in [0.717, 1.165) is 6.54 Å². The van der Waals surface area contributed by atoms with Crippen LogP contribution in [0.3, 0.4) is 0 Å². The zero-order valence-corrected chi connectivity index (χ0v) is 11.3. The van der Waals surface area contributed by atoms with Crippen LogP contribution in [0.2, 0.25) is 0 Å². The van der Waals surface area contributed by atoms with Crippen LogP contribution >= 0.6 is 23.1 Å². The van der Waals surface area contributed by atoms with E-state index in [9.17, 15) is 0 Å². The lowest BCUT2D eigenvalue weighted by Crippen LogP contribution is -2.32. The van der Waals surface area contributed by atoms with Gasteiger partial charge in [-0.1, -0.05) is 11.3 Å². The predicted molar refractivity (Wildman–Crippen MR) is 68.9 cm³/mol. The first-order valence-corrected chi connectivity index (χ1v) is 7.19. The van der Waals surface area contributed by atoms with Gasteiger partial charge in [0, 0.05) is 6.07 Å². The van der Waals surface area contributed by atoms with E-state index in [-0.39, 0.29) is 0 Å². The topological polar surface area (TPSA) is 3.88 Å². The second kappa shape index (κ2) is 4.14. The van der Waals surface area contributed by atoms with Crippen molar-refractivity contribution in [1.29, 1.82) is 0 Å². The minimum atomic E-state index is 1.05. The van der Waals surface area contributed by atoms with Crippen LogP contribution in [0.25, 0.3) is 10.2 Å². The highest BCUT2D eigenvalue weighted by Gasteiger charge is 2.18. The number of benzene rings is 1. The van der Waals surface area contributed by atoms with E-state index in [1.165, 1.54) is 25.7 Å². The number of fused-ring (bicyclic) bond motifs is 1. The Balaban J connectivity index is 2.77. The normalized spacial score (nSPS) is 11.2. The third-order valence-electron chi connectivity index (χ3n) is 2.77. The number of aryl methyl sites for hydroxylation is 3. The summed E-state index contributed by atoms with van der Waals surface area (Å²) in [5, 5.41) is 0. The Hall–Kier alpha value is -0.540. The molecule has 15 heavy (non-hydrogen) atoms. The zero-order valence-electron chi connectivity index (χ0n) is 9.63. The van der Waals surface area contributed by atoms with Crippen molar-refractivity contribution in [2.45, 2.75) is 31.7 Å². The van der Waals surface area contributed by atoms with E-state index in [2.05, 4.69) is 43.7 Å². The molecule has 0 aliphatic heterocycles. The highest BCUT2D eigenvalue weighted by molar-refractivity contribution is 8.00. The minimum absolute atomic E-state index is 1.05. The summed E-state index contributed by atoms with van der Waals surface area (Å²) in [5.74, 6) is 0. The second-order valence-corrected chi connectivity index (χ2v) is 5.80. The Morgan fingerprint density at radius 1 is 1.27 bits per heavy atom. The van der Waals surface area contributed by atoms with Gasteiger partial charge in [0.05, 0.1) is 0 Å². The lowest BCUT2D eigenvalue weighted by molar-refractivity contribution is -0.698. The minimum Gasteiger partial charge on any atom is -0.177 e. The Labute approximate surface area is 99.1 Å². The summed E-state index contributed by atoms with van der Waals surface area (Å²) in [6, 6.07) is 4.62. The maximum absolute atomic E-state index is 2.40. The third kappa shape index (κ3) is 1.79. The molecule has 0 amide bonds. The molecule has 0 spiro atoms. The van der Waals surface area contributed by atoms with Gasteiger partial charge in [-0.05, 0) is 56.0 Å². The Morgan fingerprint density at radius 2 is 1.93 bits per heavy atom. The molecule has 0 aliphatic rings. The summed E-state index contributed by atoms with van der Waals surface area (Å²) in [7, 11) is 0. The SMILES string of the molecule is CC[n+]1c(SC)sc2cc(C)c(C)cc21. The van der Waals surface area contributed by atoms with Gasteiger partial charge in [-0.15, -0.1) is 0 Å². The van der Waals surface area contributed by atoms with Crippen molar-refractivity contribution in [3.05, 3.63) is 23.3 Å². The Kier molecular flexibility index (Phi) is 3.03. The Morgan fingerprint density at radius 3 is 2.53 bits per heavy atom. The molecule has 2 rings (SSSR count). The van der Waals surface area contributed by atoms with Crippen LogP contribution in [0.4, 0.5) is 0 Å². The van der Waals surface area contributed by atoms with Gasteiger partial charge in [0.25, 0.3) is 4.34 Å². The van der Waals surface area contributed by atoms with Crippen LogP contribution < -0.4 is 4.57 Å². The van der Waals surface area contributed by atoms with Gasteiger partial charge in [-0.25, -0.2) is 0 Å². The molecule has 0 bridgehead atoms. The van der Waals surface area contributed by atoms with E-state index in [1.54, 1.807) is 0 Å².